The maximum atomic E-state index is 12.5. The lowest BCUT2D eigenvalue weighted by Gasteiger charge is -2.07. The van der Waals surface area contributed by atoms with Gasteiger partial charge in [0.05, 0.1) is 10.6 Å². The molecule has 0 aliphatic heterocycles. The SMILES string of the molecule is O=[N+]([O-])c1ccc(-n2ccc(C(F)(F)F)n2)c(CBr)c1. The fraction of sp³-hybridized carbons (Fsp3) is 0.182. The molecule has 0 amide bonds. The molecule has 5 nitrogen and oxygen atoms in total. The summed E-state index contributed by atoms with van der Waals surface area (Å²) in [5.74, 6) is 0. The van der Waals surface area contributed by atoms with E-state index >= 15 is 0 Å². The molecule has 0 unspecified atom stereocenters. The lowest BCUT2D eigenvalue weighted by atomic mass is 10.2. The zero-order chi connectivity index (χ0) is 14.9. The zero-order valence-electron chi connectivity index (χ0n) is 9.76. The van der Waals surface area contributed by atoms with E-state index < -0.39 is 16.8 Å². The van der Waals surface area contributed by atoms with E-state index in [9.17, 15) is 23.3 Å². The highest BCUT2D eigenvalue weighted by molar-refractivity contribution is 9.08. The summed E-state index contributed by atoms with van der Waals surface area (Å²) < 4.78 is 38.5. The van der Waals surface area contributed by atoms with Crippen LogP contribution in [-0.2, 0) is 11.5 Å². The molecule has 0 aliphatic carbocycles. The summed E-state index contributed by atoms with van der Waals surface area (Å²) in [6.07, 6.45) is -3.36. The van der Waals surface area contributed by atoms with E-state index in [1.54, 1.807) is 0 Å². The Morgan fingerprint density at radius 1 is 1.35 bits per heavy atom. The minimum absolute atomic E-state index is 0.133. The average molecular weight is 350 g/mol. The van der Waals surface area contributed by atoms with Gasteiger partial charge in [0.25, 0.3) is 5.69 Å². The quantitative estimate of drug-likeness (QED) is 0.482. The first-order valence-electron chi connectivity index (χ1n) is 5.29. The molecule has 0 fully saturated rings. The second-order valence-corrected chi connectivity index (χ2v) is 4.41. The van der Waals surface area contributed by atoms with Crippen molar-refractivity contribution in [2.75, 3.05) is 0 Å². The van der Waals surface area contributed by atoms with Gasteiger partial charge in [-0.1, -0.05) is 15.9 Å². The number of hydrogen-bond donors (Lipinski definition) is 0. The van der Waals surface area contributed by atoms with Crippen LogP contribution in [0.15, 0.2) is 30.5 Å². The first kappa shape index (κ1) is 14.5. The number of nitrogens with zero attached hydrogens (tertiary/aromatic N) is 3. The molecule has 1 heterocycles. The van der Waals surface area contributed by atoms with Crippen molar-refractivity contribution < 1.29 is 18.1 Å². The van der Waals surface area contributed by atoms with Gasteiger partial charge in [0.2, 0.25) is 0 Å². The number of hydrogen-bond acceptors (Lipinski definition) is 3. The van der Waals surface area contributed by atoms with Crippen LogP contribution in [0, 0.1) is 10.1 Å². The molecule has 0 atom stereocenters. The van der Waals surface area contributed by atoms with E-state index in [0.29, 0.717) is 11.3 Å². The number of nitro groups is 1. The van der Waals surface area contributed by atoms with Crippen LogP contribution in [-0.4, -0.2) is 14.7 Å². The summed E-state index contributed by atoms with van der Waals surface area (Å²) in [6, 6.07) is 4.72. The summed E-state index contributed by atoms with van der Waals surface area (Å²) in [7, 11) is 0. The van der Waals surface area contributed by atoms with Crippen molar-refractivity contribution in [2.45, 2.75) is 11.5 Å². The molecular weight excluding hydrogens is 343 g/mol. The predicted molar refractivity (Wildman–Crippen MR) is 67.9 cm³/mol. The third-order valence-corrected chi connectivity index (χ3v) is 3.15. The van der Waals surface area contributed by atoms with Crippen LogP contribution in [0.4, 0.5) is 18.9 Å². The van der Waals surface area contributed by atoms with E-state index in [0.717, 1.165) is 16.9 Å². The molecule has 1 aromatic carbocycles. The molecular formula is C11H7BrF3N3O2. The normalized spacial score (nSPS) is 11.6. The van der Waals surface area contributed by atoms with Gasteiger partial charge in [-0.2, -0.15) is 18.3 Å². The molecule has 0 radical (unpaired) electrons. The number of benzene rings is 1. The van der Waals surface area contributed by atoms with Crippen LogP contribution >= 0.6 is 15.9 Å². The largest absolute Gasteiger partial charge is 0.435 e. The van der Waals surface area contributed by atoms with Crippen molar-refractivity contribution in [2.24, 2.45) is 0 Å². The number of nitro benzene ring substituents is 1. The van der Waals surface area contributed by atoms with Crippen LogP contribution in [0.3, 0.4) is 0 Å². The van der Waals surface area contributed by atoms with Gasteiger partial charge >= 0.3 is 6.18 Å². The van der Waals surface area contributed by atoms with Gasteiger partial charge in [0.15, 0.2) is 5.69 Å². The molecule has 0 aliphatic rings. The molecule has 1 aromatic heterocycles. The van der Waals surface area contributed by atoms with Gasteiger partial charge in [-0.3, -0.25) is 10.1 Å². The summed E-state index contributed by atoms with van der Waals surface area (Å²) in [5, 5.41) is 14.4. The number of aromatic nitrogens is 2. The van der Waals surface area contributed by atoms with E-state index in [1.165, 1.54) is 18.2 Å². The van der Waals surface area contributed by atoms with Crippen molar-refractivity contribution >= 4 is 21.6 Å². The molecule has 9 heteroatoms. The fourth-order valence-corrected chi connectivity index (χ4v) is 2.07. The zero-order valence-corrected chi connectivity index (χ0v) is 11.3. The van der Waals surface area contributed by atoms with Gasteiger partial charge in [-0.05, 0) is 17.7 Å². The van der Waals surface area contributed by atoms with Crippen LogP contribution in [0.5, 0.6) is 0 Å². The van der Waals surface area contributed by atoms with Crippen molar-refractivity contribution in [3.8, 4) is 5.69 Å². The molecule has 106 valence electrons. The Morgan fingerprint density at radius 3 is 2.55 bits per heavy atom. The second kappa shape index (κ2) is 5.23. The van der Waals surface area contributed by atoms with Crippen molar-refractivity contribution in [1.29, 1.82) is 0 Å². The first-order valence-corrected chi connectivity index (χ1v) is 6.41. The molecule has 20 heavy (non-hydrogen) atoms. The molecule has 0 spiro atoms. The van der Waals surface area contributed by atoms with Crippen LogP contribution in [0.2, 0.25) is 0 Å². The summed E-state index contributed by atoms with van der Waals surface area (Å²) >= 11 is 3.15. The van der Waals surface area contributed by atoms with E-state index in [-0.39, 0.29) is 11.0 Å². The maximum Gasteiger partial charge on any atom is 0.435 e. The van der Waals surface area contributed by atoms with E-state index in [2.05, 4.69) is 21.0 Å². The van der Waals surface area contributed by atoms with E-state index in [1.807, 2.05) is 0 Å². The molecule has 0 bridgehead atoms. The number of halogens is 4. The highest BCUT2D eigenvalue weighted by atomic mass is 79.9. The van der Waals surface area contributed by atoms with Gasteiger partial charge in [-0.25, -0.2) is 4.68 Å². The highest BCUT2D eigenvalue weighted by Gasteiger charge is 2.33. The topological polar surface area (TPSA) is 61.0 Å². The predicted octanol–water partition coefficient (Wildman–Crippen LogP) is 3.69. The minimum atomic E-state index is -4.53. The Hall–Kier alpha value is -1.90. The first-order chi connectivity index (χ1) is 9.32. The molecule has 0 saturated heterocycles. The summed E-state index contributed by atoms with van der Waals surface area (Å²) in [5.41, 5.74) is -0.332. The third-order valence-electron chi connectivity index (χ3n) is 2.54. The monoisotopic (exact) mass is 349 g/mol. The second-order valence-electron chi connectivity index (χ2n) is 3.85. The summed E-state index contributed by atoms with van der Waals surface area (Å²) in [6.45, 7) is 0. The average Bonchev–Trinajstić information content (AvgIpc) is 2.87. The van der Waals surface area contributed by atoms with Crippen molar-refractivity contribution in [3.05, 3.63) is 51.8 Å². The Morgan fingerprint density at radius 2 is 2.05 bits per heavy atom. The van der Waals surface area contributed by atoms with Gasteiger partial charge < -0.3 is 0 Å². The van der Waals surface area contributed by atoms with Crippen LogP contribution < -0.4 is 0 Å². The molecule has 0 N–H and O–H groups in total. The van der Waals surface area contributed by atoms with Crippen molar-refractivity contribution in [1.82, 2.24) is 9.78 Å². The smallest absolute Gasteiger partial charge is 0.258 e. The standard InChI is InChI=1S/C11H7BrF3N3O2/c12-6-7-5-8(18(19)20)1-2-9(7)17-4-3-10(16-17)11(13,14)15/h1-5H,6H2. The minimum Gasteiger partial charge on any atom is -0.258 e. The lowest BCUT2D eigenvalue weighted by Crippen LogP contribution is -2.08. The maximum absolute atomic E-state index is 12.5. The van der Waals surface area contributed by atoms with Gasteiger partial charge in [0.1, 0.15) is 0 Å². The third kappa shape index (κ3) is 2.82. The fourth-order valence-electron chi connectivity index (χ4n) is 1.63. The number of rotatable bonds is 3. The van der Waals surface area contributed by atoms with E-state index in [4.69, 9.17) is 0 Å². The van der Waals surface area contributed by atoms with Crippen molar-refractivity contribution in [3.63, 3.8) is 0 Å². The van der Waals surface area contributed by atoms with Crippen LogP contribution in [0.1, 0.15) is 11.3 Å². The Labute approximate surface area is 119 Å². The lowest BCUT2D eigenvalue weighted by molar-refractivity contribution is -0.384. The molecule has 0 saturated carbocycles. The Kier molecular flexibility index (Phi) is 3.80. The molecule has 2 aromatic rings. The van der Waals surface area contributed by atoms with Gasteiger partial charge in [-0.15, -0.1) is 0 Å². The summed E-state index contributed by atoms with van der Waals surface area (Å²) in [4.78, 5) is 10.1. The Bertz CT molecular complexity index is 655. The van der Waals surface area contributed by atoms with Gasteiger partial charge in [0, 0.05) is 23.7 Å². The highest BCUT2D eigenvalue weighted by Crippen LogP contribution is 2.29. The Balaban J connectivity index is 2.47. The molecule has 2 rings (SSSR count). The number of alkyl halides is 4. The van der Waals surface area contributed by atoms with Crippen LogP contribution in [0.25, 0.3) is 5.69 Å². The number of non-ortho nitro benzene ring substituents is 1.